The smallest absolute Gasteiger partial charge is 0.256 e. The lowest BCUT2D eigenvalue weighted by atomic mass is 9.88. The van der Waals surface area contributed by atoms with Crippen molar-refractivity contribution in [3.63, 3.8) is 0 Å². The summed E-state index contributed by atoms with van der Waals surface area (Å²) in [5.74, 6) is 1.43. The van der Waals surface area contributed by atoms with Crippen molar-refractivity contribution in [1.29, 1.82) is 0 Å². The molecule has 6 rings (SSSR count). The number of carbonyl (C=O) groups excluding carboxylic acids is 1. The van der Waals surface area contributed by atoms with Crippen molar-refractivity contribution in [2.75, 3.05) is 25.5 Å². The Hall–Kier alpha value is -4.49. The SMILES string of the molecule is CN1CCC(c2ccc(-c3ccc4c(c3)ON(C(C(=O)Nc3ccccn3)c3ccccc3)C=N4)cc2)CC1. The normalized spacial score (nSPS) is 16.3. The summed E-state index contributed by atoms with van der Waals surface area (Å²) in [6, 6.07) is 29.0. The molecule has 1 atom stereocenters. The van der Waals surface area contributed by atoms with Crippen molar-refractivity contribution in [2.24, 2.45) is 4.99 Å². The van der Waals surface area contributed by atoms with Gasteiger partial charge in [0, 0.05) is 6.20 Å². The molecule has 3 heterocycles. The molecule has 196 valence electrons. The van der Waals surface area contributed by atoms with Gasteiger partial charge in [-0.2, -0.15) is 5.06 Å². The Morgan fingerprint density at radius 3 is 2.41 bits per heavy atom. The number of hydrogen-bond donors (Lipinski definition) is 1. The number of anilines is 1. The molecule has 1 amide bonds. The second kappa shape index (κ2) is 11.1. The summed E-state index contributed by atoms with van der Waals surface area (Å²) >= 11 is 0. The Morgan fingerprint density at radius 2 is 1.67 bits per heavy atom. The van der Waals surface area contributed by atoms with E-state index in [4.69, 9.17) is 4.84 Å². The summed E-state index contributed by atoms with van der Waals surface area (Å²) in [4.78, 5) is 31.0. The Bertz CT molecular complexity index is 1450. The highest BCUT2D eigenvalue weighted by Crippen LogP contribution is 2.38. The van der Waals surface area contributed by atoms with E-state index in [9.17, 15) is 4.79 Å². The number of nitrogens with zero attached hydrogens (tertiary/aromatic N) is 4. The monoisotopic (exact) mass is 517 g/mol. The van der Waals surface area contributed by atoms with E-state index in [-0.39, 0.29) is 5.91 Å². The average Bonchev–Trinajstić information content (AvgIpc) is 2.98. The molecule has 1 fully saturated rings. The summed E-state index contributed by atoms with van der Waals surface area (Å²) < 4.78 is 0. The number of amides is 1. The van der Waals surface area contributed by atoms with Crippen LogP contribution in [0.2, 0.25) is 0 Å². The predicted molar refractivity (Wildman–Crippen MR) is 154 cm³/mol. The third-order valence-electron chi connectivity index (χ3n) is 7.44. The molecule has 0 spiro atoms. The lowest BCUT2D eigenvalue weighted by molar-refractivity contribution is -0.128. The largest absolute Gasteiger partial charge is 0.375 e. The van der Waals surface area contributed by atoms with Crippen LogP contribution in [0.15, 0.2) is 102 Å². The zero-order chi connectivity index (χ0) is 26.6. The molecular weight excluding hydrogens is 486 g/mol. The fourth-order valence-corrected chi connectivity index (χ4v) is 5.22. The van der Waals surface area contributed by atoms with Gasteiger partial charge in [-0.3, -0.25) is 4.79 Å². The van der Waals surface area contributed by atoms with E-state index in [0.717, 1.165) is 35.5 Å². The van der Waals surface area contributed by atoms with E-state index in [1.54, 1.807) is 18.6 Å². The number of rotatable bonds is 6. The van der Waals surface area contributed by atoms with Crippen LogP contribution in [0.5, 0.6) is 5.75 Å². The van der Waals surface area contributed by atoms with Crippen LogP contribution in [0, 0.1) is 0 Å². The Morgan fingerprint density at radius 1 is 0.923 bits per heavy atom. The number of likely N-dealkylation sites (tertiary alicyclic amines) is 1. The van der Waals surface area contributed by atoms with Gasteiger partial charge in [0.15, 0.2) is 11.8 Å². The van der Waals surface area contributed by atoms with Gasteiger partial charge < -0.3 is 15.1 Å². The number of aromatic nitrogens is 1. The number of aliphatic imine (C=N–C) groups is 1. The van der Waals surface area contributed by atoms with Crippen LogP contribution in [0.1, 0.15) is 35.9 Å². The first kappa shape index (κ1) is 24.8. The molecule has 0 bridgehead atoms. The number of piperidine rings is 1. The first-order chi connectivity index (χ1) is 19.1. The summed E-state index contributed by atoms with van der Waals surface area (Å²) in [7, 11) is 2.19. The minimum absolute atomic E-state index is 0.268. The standard InChI is InChI=1S/C32H31N5O2/c1-36-19-16-25(17-20-36)23-10-12-24(13-11-23)27-14-15-28-29(21-27)39-37(22-34-28)31(26-7-3-2-4-8-26)32(38)35-30-9-5-6-18-33-30/h2-15,18,21-22,25,31H,16-17,19-20H2,1H3,(H,33,35,38). The number of benzene rings is 3. The zero-order valence-corrected chi connectivity index (χ0v) is 21.9. The molecule has 2 aliphatic rings. The molecule has 4 aromatic rings. The molecule has 0 saturated carbocycles. The number of nitrogens with one attached hydrogen (secondary N) is 1. The zero-order valence-electron chi connectivity index (χ0n) is 21.9. The molecule has 3 aromatic carbocycles. The topological polar surface area (TPSA) is 70.1 Å². The van der Waals surface area contributed by atoms with E-state index in [1.807, 2.05) is 54.6 Å². The second-order valence-electron chi connectivity index (χ2n) is 10.1. The molecule has 1 N–H and O–H groups in total. The van der Waals surface area contributed by atoms with Crippen molar-refractivity contribution in [3.05, 3.63) is 108 Å². The van der Waals surface area contributed by atoms with Crippen molar-refractivity contribution in [1.82, 2.24) is 14.9 Å². The lowest BCUT2D eigenvalue weighted by Crippen LogP contribution is -2.39. The summed E-state index contributed by atoms with van der Waals surface area (Å²) in [5.41, 5.74) is 5.06. The molecule has 1 unspecified atom stereocenters. The molecule has 0 aliphatic carbocycles. The molecular formula is C32H31N5O2. The van der Waals surface area contributed by atoms with Gasteiger partial charge in [0.05, 0.1) is 0 Å². The third-order valence-corrected chi connectivity index (χ3v) is 7.44. The molecule has 7 nitrogen and oxygen atoms in total. The van der Waals surface area contributed by atoms with Crippen LogP contribution in [-0.4, -0.2) is 47.3 Å². The molecule has 7 heteroatoms. The van der Waals surface area contributed by atoms with Gasteiger partial charge in [-0.25, -0.2) is 9.98 Å². The fourth-order valence-electron chi connectivity index (χ4n) is 5.22. The predicted octanol–water partition coefficient (Wildman–Crippen LogP) is 6.21. The van der Waals surface area contributed by atoms with Crippen LogP contribution < -0.4 is 10.2 Å². The average molecular weight is 518 g/mol. The van der Waals surface area contributed by atoms with Gasteiger partial charge in [-0.15, -0.1) is 0 Å². The van der Waals surface area contributed by atoms with Crippen molar-refractivity contribution in [2.45, 2.75) is 24.8 Å². The highest BCUT2D eigenvalue weighted by atomic mass is 16.7. The van der Waals surface area contributed by atoms with Gasteiger partial charge in [-0.1, -0.05) is 66.7 Å². The van der Waals surface area contributed by atoms with Gasteiger partial charge in [0.2, 0.25) is 0 Å². The quantitative estimate of drug-likeness (QED) is 0.329. The third kappa shape index (κ3) is 5.54. The van der Waals surface area contributed by atoms with Gasteiger partial charge in [-0.05, 0) is 85.4 Å². The molecule has 39 heavy (non-hydrogen) atoms. The Labute approximate surface area is 228 Å². The highest BCUT2D eigenvalue weighted by molar-refractivity contribution is 5.96. The van der Waals surface area contributed by atoms with Crippen LogP contribution in [-0.2, 0) is 4.79 Å². The summed E-state index contributed by atoms with van der Waals surface area (Å²) in [6.07, 6.45) is 5.61. The van der Waals surface area contributed by atoms with E-state index in [0.29, 0.717) is 17.5 Å². The first-order valence-corrected chi connectivity index (χ1v) is 13.3. The van der Waals surface area contributed by atoms with Crippen LogP contribution >= 0.6 is 0 Å². The lowest BCUT2D eigenvalue weighted by Gasteiger charge is -2.31. The number of carbonyl (C=O) groups is 1. The molecule has 0 radical (unpaired) electrons. The number of pyridine rings is 1. The van der Waals surface area contributed by atoms with Gasteiger partial charge >= 0.3 is 0 Å². The molecule has 1 aromatic heterocycles. The minimum Gasteiger partial charge on any atom is -0.375 e. The van der Waals surface area contributed by atoms with Crippen molar-refractivity contribution in [3.8, 4) is 16.9 Å². The number of hydrogen-bond acceptors (Lipinski definition) is 6. The van der Waals surface area contributed by atoms with E-state index < -0.39 is 6.04 Å². The number of fused-ring (bicyclic) bond motifs is 1. The van der Waals surface area contributed by atoms with Gasteiger partial charge in [0.1, 0.15) is 17.8 Å². The first-order valence-electron chi connectivity index (χ1n) is 13.3. The highest BCUT2D eigenvalue weighted by Gasteiger charge is 2.31. The van der Waals surface area contributed by atoms with Crippen LogP contribution in [0.4, 0.5) is 11.5 Å². The number of hydroxylamine groups is 2. The van der Waals surface area contributed by atoms with Crippen LogP contribution in [0.25, 0.3) is 11.1 Å². The molecule has 1 saturated heterocycles. The summed E-state index contributed by atoms with van der Waals surface area (Å²) in [6.45, 7) is 2.30. The van der Waals surface area contributed by atoms with Crippen LogP contribution in [0.3, 0.4) is 0 Å². The Kier molecular flexibility index (Phi) is 7.06. The fraction of sp³-hybridized carbons (Fsp3) is 0.219. The van der Waals surface area contributed by atoms with Crippen molar-refractivity contribution >= 4 is 23.8 Å². The van der Waals surface area contributed by atoms with E-state index in [1.165, 1.54) is 23.5 Å². The van der Waals surface area contributed by atoms with Gasteiger partial charge in [0.25, 0.3) is 5.91 Å². The van der Waals surface area contributed by atoms with E-state index >= 15 is 0 Å². The summed E-state index contributed by atoms with van der Waals surface area (Å²) in [5, 5.41) is 4.40. The maximum atomic E-state index is 13.5. The minimum atomic E-state index is -0.761. The second-order valence-corrected chi connectivity index (χ2v) is 10.1. The Balaban J connectivity index is 1.23. The maximum absolute atomic E-state index is 13.5. The van der Waals surface area contributed by atoms with Crippen molar-refractivity contribution < 1.29 is 9.63 Å². The van der Waals surface area contributed by atoms with E-state index in [2.05, 4.69) is 57.6 Å². The molecule has 2 aliphatic heterocycles. The maximum Gasteiger partial charge on any atom is 0.256 e.